The normalized spacial score (nSPS) is 10.6. The summed E-state index contributed by atoms with van der Waals surface area (Å²) in [5.74, 6) is 0. The summed E-state index contributed by atoms with van der Waals surface area (Å²) in [5.41, 5.74) is 11.0. The molecule has 4 nitrogen and oxygen atoms in total. The maximum absolute atomic E-state index is 5.34. The fourth-order valence-corrected chi connectivity index (χ4v) is 6.40. The van der Waals surface area contributed by atoms with Crippen LogP contribution in [0.5, 0.6) is 0 Å². The lowest BCUT2D eigenvalue weighted by molar-refractivity contribution is 1.15. The van der Waals surface area contributed by atoms with Crippen molar-refractivity contribution in [1.29, 1.82) is 0 Å². The number of hydrogen-bond donors (Lipinski definition) is 2. The molecule has 4 aromatic carbocycles. The number of benzene rings is 4. The Labute approximate surface area is 319 Å². The molecule has 0 saturated carbocycles. The van der Waals surface area contributed by atoms with Crippen LogP contribution in [-0.4, -0.2) is 19.9 Å². The Morgan fingerprint density at radius 1 is 0.444 bits per heavy atom. The Morgan fingerprint density at radius 3 is 1.17 bits per heavy atom. The topological polar surface area (TPSA) is 57.4 Å². The summed E-state index contributed by atoms with van der Waals surface area (Å²) in [7, 11) is 0. The van der Waals surface area contributed by atoms with Crippen LogP contribution < -0.4 is 10.7 Å². The van der Waals surface area contributed by atoms with E-state index in [9.17, 15) is 0 Å². The van der Waals surface area contributed by atoms with Gasteiger partial charge in [0, 0.05) is 50.0 Å². The first kappa shape index (κ1) is 38.2. The molecule has 0 aliphatic carbocycles. The molecule has 1 heterocycles. The first-order valence-electron chi connectivity index (χ1n) is 17.7. The molecule has 0 fully saturated rings. The van der Waals surface area contributed by atoms with E-state index in [0.717, 1.165) is 55.6 Å². The van der Waals surface area contributed by atoms with Gasteiger partial charge in [-0.25, -0.2) is 4.98 Å². The number of aryl methyl sites for hydroxylation is 1. The lowest BCUT2D eigenvalue weighted by Crippen LogP contribution is -2.21. The van der Waals surface area contributed by atoms with E-state index in [1.54, 1.807) is 30.4 Å². The van der Waals surface area contributed by atoms with Crippen LogP contribution in [0.25, 0.3) is 87.5 Å². The summed E-state index contributed by atoms with van der Waals surface area (Å²) >= 11 is 0. The molecule has 0 aliphatic rings. The number of hydrogen-bond acceptors (Lipinski definition) is 2. The third-order valence-electron chi connectivity index (χ3n) is 8.85. The summed E-state index contributed by atoms with van der Waals surface area (Å²) in [6, 6.07) is 40.4. The minimum atomic E-state index is 0.608. The molecule has 0 spiro atoms. The monoisotopic (exact) mass is 702 g/mol. The lowest BCUT2D eigenvalue weighted by atomic mass is 9.99. The molecule has 5 rings (SSSR count). The summed E-state index contributed by atoms with van der Waals surface area (Å²) in [6.45, 7) is 29.9. The molecule has 4 heteroatoms. The molecule has 0 bridgehead atoms. The SMILES string of the molecule is C=Cc1nc(C)c(-c2ccccc2)c(=C)[nH]/c(=C\C)c(-c2ccccc2)c(C=C)nc(C=C)c(-c2ccccc2)c(C=C)[nH]c(C=C)c1-c1ccccc1. The van der Waals surface area contributed by atoms with Crippen molar-refractivity contribution in [3.63, 3.8) is 0 Å². The maximum atomic E-state index is 5.34. The minimum absolute atomic E-state index is 0.608. The number of nitrogens with zero attached hydrogens (tertiary/aromatic N) is 2. The number of aromatic nitrogens is 4. The molecule has 0 aliphatic heterocycles. The van der Waals surface area contributed by atoms with Crippen LogP contribution in [0.1, 0.15) is 41.1 Å². The van der Waals surface area contributed by atoms with Crippen molar-refractivity contribution in [3.05, 3.63) is 199 Å². The smallest absolute Gasteiger partial charge is 0.0730 e. The number of H-pyrrole nitrogens is 2. The molecule has 1 aromatic heterocycles. The van der Waals surface area contributed by atoms with Gasteiger partial charge >= 0.3 is 0 Å². The van der Waals surface area contributed by atoms with Crippen molar-refractivity contribution in [2.24, 2.45) is 0 Å². The lowest BCUT2D eigenvalue weighted by Gasteiger charge is -2.13. The summed E-state index contributed by atoms with van der Waals surface area (Å²) in [5, 5.41) is 1.45. The molecule has 0 amide bonds. The van der Waals surface area contributed by atoms with Gasteiger partial charge in [0.25, 0.3) is 0 Å². The first-order valence-corrected chi connectivity index (χ1v) is 17.7. The number of aromatic amines is 2. The second-order valence-corrected chi connectivity index (χ2v) is 12.2. The van der Waals surface area contributed by atoms with Crippen molar-refractivity contribution in [3.8, 4) is 44.5 Å². The second kappa shape index (κ2) is 18.5. The third kappa shape index (κ3) is 8.52. The molecule has 5 aromatic rings. The van der Waals surface area contributed by atoms with Crippen LogP contribution in [0.3, 0.4) is 0 Å². The highest BCUT2D eigenvalue weighted by Gasteiger charge is 2.13. The van der Waals surface area contributed by atoms with E-state index >= 15 is 0 Å². The van der Waals surface area contributed by atoms with Crippen molar-refractivity contribution < 1.29 is 0 Å². The molecule has 0 unspecified atom stereocenters. The van der Waals surface area contributed by atoms with E-state index in [-0.39, 0.29) is 0 Å². The average Bonchev–Trinajstić information content (AvgIpc) is 3.22. The van der Waals surface area contributed by atoms with E-state index in [1.807, 2.05) is 117 Å². The highest BCUT2D eigenvalue weighted by molar-refractivity contribution is 5.83. The van der Waals surface area contributed by atoms with Crippen LogP contribution in [-0.2, 0) is 0 Å². The molecule has 54 heavy (non-hydrogen) atoms. The van der Waals surface area contributed by atoms with Crippen LogP contribution in [0, 0.1) is 6.92 Å². The van der Waals surface area contributed by atoms with Crippen LogP contribution >= 0.6 is 0 Å². The zero-order valence-electron chi connectivity index (χ0n) is 31.1. The molecule has 0 saturated heterocycles. The molecular formula is C50H46N4. The zero-order chi connectivity index (χ0) is 38.5. The van der Waals surface area contributed by atoms with Gasteiger partial charge < -0.3 is 9.97 Å². The molecule has 0 atom stereocenters. The Hall–Kier alpha value is -7.04. The molecule has 266 valence electrons. The second-order valence-electron chi connectivity index (χ2n) is 12.2. The predicted molar refractivity (Wildman–Crippen MR) is 235 cm³/mol. The van der Waals surface area contributed by atoms with E-state index in [1.165, 1.54) is 0 Å². The van der Waals surface area contributed by atoms with Gasteiger partial charge in [-0.15, -0.1) is 0 Å². The molecule has 0 radical (unpaired) electrons. The van der Waals surface area contributed by atoms with E-state index in [0.29, 0.717) is 33.8 Å². The van der Waals surface area contributed by atoms with Gasteiger partial charge in [-0.05, 0) is 66.5 Å². The van der Waals surface area contributed by atoms with Crippen LogP contribution in [0.2, 0.25) is 0 Å². The summed E-state index contributed by atoms with van der Waals surface area (Å²) in [4.78, 5) is 18.0. The van der Waals surface area contributed by atoms with Gasteiger partial charge in [0.15, 0.2) is 0 Å². The number of rotatable bonds is 9. The Balaban J connectivity index is 2.25. The fourth-order valence-electron chi connectivity index (χ4n) is 6.40. The summed E-state index contributed by atoms with van der Waals surface area (Å²) < 4.78 is 0. The predicted octanol–water partition coefficient (Wildman–Crippen LogP) is 11.9. The van der Waals surface area contributed by atoms with Gasteiger partial charge in [0.1, 0.15) is 0 Å². The van der Waals surface area contributed by atoms with E-state index in [2.05, 4.69) is 73.7 Å². The average molecular weight is 703 g/mol. The largest absolute Gasteiger partial charge is 0.355 e. The first-order chi connectivity index (χ1) is 26.4. The van der Waals surface area contributed by atoms with Crippen molar-refractivity contribution in [1.82, 2.24) is 19.9 Å². The number of nitrogens with one attached hydrogen (secondary N) is 2. The Kier molecular flexibility index (Phi) is 13.1. The van der Waals surface area contributed by atoms with Crippen molar-refractivity contribution >= 4 is 43.0 Å². The minimum Gasteiger partial charge on any atom is -0.355 e. The Bertz CT molecular complexity index is 2490. The third-order valence-corrected chi connectivity index (χ3v) is 8.85. The quantitative estimate of drug-likeness (QED) is 0.161. The molecular weight excluding hydrogens is 657 g/mol. The van der Waals surface area contributed by atoms with E-state index < -0.39 is 0 Å². The van der Waals surface area contributed by atoms with Gasteiger partial charge in [-0.2, -0.15) is 0 Å². The van der Waals surface area contributed by atoms with Crippen molar-refractivity contribution in [2.45, 2.75) is 13.8 Å². The standard InChI is InChI=1S/C50H46N4/c1-9-41-48(38-29-21-16-22-30-38)43(11-3)53-45(13-5)50(40-33-25-18-26-34-40)46(14-6)54-44(12-4)49(39-31-23-17-24-32-39)42(10-2)52-36(8)47(35(7)51-41)37-27-19-15-20-28-37/h9-34,52-53H,1,3-6,8H2,2,7H3/b42-10-,47-35?,48-43?,49-44?,50-45?,51-41?,54-46?. The van der Waals surface area contributed by atoms with Gasteiger partial charge in [0.2, 0.25) is 0 Å². The zero-order valence-corrected chi connectivity index (χ0v) is 31.1. The van der Waals surface area contributed by atoms with Crippen LogP contribution in [0.4, 0.5) is 0 Å². The fraction of sp³-hybridized carbons (Fsp3) is 0.0400. The highest BCUT2D eigenvalue weighted by Crippen LogP contribution is 2.31. The van der Waals surface area contributed by atoms with Crippen LogP contribution in [0.15, 0.2) is 154 Å². The Morgan fingerprint density at radius 2 is 0.796 bits per heavy atom. The van der Waals surface area contributed by atoms with Crippen molar-refractivity contribution in [2.75, 3.05) is 0 Å². The van der Waals surface area contributed by atoms with Gasteiger partial charge in [-0.3, -0.25) is 4.98 Å². The maximum Gasteiger partial charge on any atom is 0.0730 e. The van der Waals surface area contributed by atoms with E-state index in [4.69, 9.17) is 9.97 Å². The highest BCUT2D eigenvalue weighted by atomic mass is 14.8. The summed E-state index contributed by atoms with van der Waals surface area (Å²) in [6.07, 6.45) is 10.9. The molecule has 2 N–H and O–H groups in total. The van der Waals surface area contributed by atoms with Gasteiger partial charge in [0.05, 0.1) is 17.1 Å². The van der Waals surface area contributed by atoms with Gasteiger partial charge in [-0.1, -0.05) is 167 Å².